The molecule has 0 spiro atoms. The van der Waals surface area contributed by atoms with E-state index < -0.39 is 0 Å². The average Bonchev–Trinajstić information content (AvgIpc) is 2.12. The van der Waals surface area contributed by atoms with Gasteiger partial charge in [0.1, 0.15) is 0 Å². The Hall–Kier alpha value is -0.820. The van der Waals surface area contributed by atoms with Gasteiger partial charge in [0.05, 0.1) is 0 Å². The molecule has 1 aliphatic rings. The Bertz CT molecular complexity index is 249. The average molecular weight is 175 g/mol. The van der Waals surface area contributed by atoms with Crippen LogP contribution >= 0.6 is 0 Å². The second-order valence-corrected chi connectivity index (χ2v) is 3.83. The van der Waals surface area contributed by atoms with Gasteiger partial charge in [0.2, 0.25) is 0 Å². The van der Waals surface area contributed by atoms with Crippen LogP contribution in [-0.2, 0) is 0 Å². The highest BCUT2D eigenvalue weighted by molar-refractivity contribution is 5.22. The van der Waals surface area contributed by atoms with Gasteiger partial charge in [-0.15, -0.1) is 0 Å². The zero-order valence-corrected chi connectivity index (χ0v) is 8.16. The summed E-state index contributed by atoms with van der Waals surface area (Å²) >= 11 is 0. The first-order chi connectivity index (χ1) is 6.40. The molecule has 1 aromatic carbocycles. The smallest absolute Gasteiger partial charge is 0.00786 e. The summed E-state index contributed by atoms with van der Waals surface area (Å²) in [6, 6.07) is 11.6. The number of nitrogens with one attached hydrogen (secondary N) is 1. The summed E-state index contributed by atoms with van der Waals surface area (Å²) in [5.74, 6) is 0.810. The van der Waals surface area contributed by atoms with Gasteiger partial charge < -0.3 is 5.32 Å². The van der Waals surface area contributed by atoms with Gasteiger partial charge in [-0.2, -0.15) is 0 Å². The maximum Gasteiger partial charge on any atom is 0.00786 e. The SMILES string of the molecule is CCNC1CC(c2ccccc2)C1. The zero-order valence-electron chi connectivity index (χ0n) is 8.16. The third-order valence-corrected chi connectivity index (χ3v) is 2.90. The molecule has 0 amide bonds. The highest BCUT2D eigenvalue weighted by Crippen LogP contribution is 2.36. The second kappa shape index (κ2) is 3.93. The highest BCUT2D eigenvalue weighted by atomic mass is 14.9. The van der Waals surface area contributed by atoms with Crippen molar-refractivity contribution in [3.63, 3.8) is 0 Å². The van der Waals surface area contributed by atoms with Crippen LogP contribution in [0.5, 0.6) is 0 Å². The van der Waals surface area contributed by atoms with Gasteiger partial charge in [-0.3, -0.25) is 0 Å². The van der Waals surface area contributed by atoms with E-state index in [4.69, 9.17) is 0 Å². The molecular formula is C12H17N. The molecule has 70 valence electrons. The predicted octanol–water partition coefficient (Wildman–Crippen LogP) is 2.54. The summed E-state index contributed by atoms with van der Waals surface area (Å²) in [4.78, 5) is 0. The van der Waals surface area contributed by atoms with Crippen molar-refractivity contribution >= 4 is 0 Å². The summed E-state index contributed by atoms with van der Waals surface area (Å²) in [7, 11) is 0. The molecule has 0 unspecified atom stereocenters. The lowest BCUT2D eigenvalue weighted by Gasteiger charge is -2.36. The number of hydrogen-bond donors (Lipinski definition) is 1. The Labute approximate surface area is 80.2 Å². The molecule has 1 heteroatoms. The second-order valence-electron chi connectivity index (χ2n) is 3.83. The zero-order chi connectivity index (χ0) is 9.10. The van der Waals surface area contributed by atoms with E-state index in [9.17, 15) is 0 Å². The third kappa shape index (κ3) is 1.92. The van der Waals surface area contributed by atoms with Crippen LogP contribution in [0.3, 0.4) is 0 Å². The molecule has 0 aliphatic heterocycles. The molecule has 1 N–H and O–H groups in total. The van der Waals surface area contributed by atoms with Crippen LogP contribution in [0.15, 0.2) is 30.3 Å². The van der Waals surface area contributed by atoms with E-state index in [0.717, 1.165) is 18.5 Å². The Kier molecular flexibility index (Phi) is 2.65. The van der Waals surface area contributed by atoms with E-state index in [1.807, 2.05) is 0 Å². The molecule has 13 heavy (non-hydrogen) atoms. The van der Waals surface area contributed by atoms with Crippen LogP contribution in [0, 0.1) is 0 Å². The minimum Gasteiger partial charge on any atom is -0.314 e. The van der Waals surface area contributed by atoms with E-state index in [-0.39, 0.29) is 0 Å². The van der Waals surface area contributed by atoms with Gasteiger partial charge in [-0.25, -0.2) is 0 Å². The van der Waals surface area contributed by atoms with Crippen LogP contribution in [-0.4, -0.2) is 12.6 Å². The van der Waals surface area contributed by atoms with Crippen molar-refractivity contribution in [2.24, 2.45) is 0 Å². The van der Waals surface area contributed by atoms with Crippen molar-refractivity contribution in [2.75, 3.05) is 6.54 Å². The van der Waals surface area contributed by atoms with E-state index in [1.165, 1.54) is 18.4 Å². The first-order valence-corrected chi connectivity index (χ1v) is 5.18. The standard InChI is InChI=1S/C12H17N/c1-2-13-12-8-11(9-12)10-6-4-3-5-7-10/h3-7,11-13H,2,8-9H2,1H3. The lowest BCUT2D eigenvalue weighted by atomic mass is 9.76. The Morgan fingerprint density at radius 1 is 1.23 bits per heavy atom. The molecule has 1 nitrogen and oxygen atoms in total. The van der Waals surface area contributed by atoms with Crippen LogP contribution in [0.2, 0.25) is 0 Å². The van der Waals surface area contributed by atoms with E-state index in [1.54, 1.807) is 0 Å². The van der Waals surface area contributed by atoms with Gasteiger partial charge in [0, 0.05) is 6.04 Å². The van der Waals surface area contributed by atoms with Crippen LogP contribution in [0.4, 0.5) is 0 Å². The summed E-state index contributed by atoms with van der Waals surface area (Å²) in [5.41, 5.74) is 1.51. The van der Waals surface area contributed by atoms with E-state index in [0.29, 0.717) is 0 Å². The molecule has 0 radical (unpaired) electrons. The summed E-state index contributed by atoms with van der Waals surface area (Å²) < 4.78 is 0. The maximum atomic E-state index is 3.48. The monoisotopic (exact) mass is 175 g/mol. The van der Waals surface area contributed by atoms with Crippen molar-refractivity contribution in [3.05, 3.63) is 35.9 Å². The van der Waals surface area contributed by atoms with E-state index in [2.05, 4.69) is 42.6 Å². The summed E-state index contributed by atoms with van der Waals surface area (Å²) in [6.45, 7) is 3.28. The van der Waals surface area contributed by atoms with E-state index >= 15 is 0 Å². The van der Waals surface area contributed by atoms with Crippen molar-refractivity contribution < 1.29 is 0 Å². The van der Waals surface area contributed by atoms with Crippen molar-refractivity contribution in [2.45, 2.75) is 31.7 Å². The van der Waals surface area contributed by atoms with Crippen molar-refractivity contribution in [1.82, 2.24) is 5.32 Å². The lowest BCUT2D eigenvalue weighted by molar-refractivity contribution is 0.296. The largest absolute Gasteiger partial charge is 0.314 e. The molecule has 1 aliphatic carbocycles. The Morgan fingerprint density at radius 3 is 2.54 bits per heavy atom. The highest BCUT2D eigenvalue weighted by Gasteiger charge is 2.28. The Balaban J connectivity index is 1.87. The lowest BCUT2D eigenvalue weighted by Crippen LogP contribution is -2.39. The van der Waals surface area contributed by atoms with Gasteiger partial charge >= 0.3 is 0 Å². The van der Waals surface area contributed by atoms with Crippen LogP contribution < -0.4 is 5.32 Å². The van der Waals surface area contributed by atoms with Gasteiger partial charge in [0.15, 0.2) is 0 Å². The maximum absolute atomic E-state index is 3.48. The third-order valence-electron chi connectivity index (χ3n) is 2.90. The molecule has 0 bridgehead atoms. The number of benzene rings is 1. The fraction of sp³-hybridized carbons (Fsp3) is 0.500. The normalized spacial score (nSPS) is 26.8. The topological polar surface area (TPSA) is 12.0 Å². The van der Waals surface area contributed by atoms with Crippen molar-refractivity contribution in [3.8, 4) is 0 Å². The van der Waals surface area contributed by atoms with Gasteiger partial charge in [-0.05, 0) is 30.9 Å². The molecule has 0 heterocycles. The molecule has 1 saturated carbocycles. The summed E-state index contributed by atoms with van der Waals surface area (Å²) in [5, 5.41) is 3.48. The minimum absolute atomic E-state index is 0.773. The van der Waals surface area contributed by atoms with Crippen molar-refractivity contribution in [1.29, 1.82) is 0 Å². The molecule has 2 rings (SSSR count). The first kappa shape index (κ1) is 8.76. The minimum atomic E-state index is 0.773. The summed E-state index contributed by atoms with van der Waals surface area (Å²) in [6.07, 6.45) is 2.63. The molecule has 1 aromatic rings. The van der Waals surface area contributed by atoms with Crippen LogP contribution in [0.25, 0.3) is 0 Å². The first-order valence-electron chi connectivity index (χ1n) is 5.18. The quantitative estimate of drug-likeness (QED) is 0.744. The number of rotatable bonds is 3. The van der Waals surface area contributed by atoms with Gasteiger partial charge in [-0.1, -0.05) is 37.3 Å². The molecule has 0 atom stereocenters. The number of hydrogen-bond acceptors (Lipinski definition) is 1. The predicted molar refractivity (Wildman–Crippen MR) is 55.9 cm³/mol. The fourth-order valence-corrected chi connectivity index (χ4v) is 2.07. The molecular weight excluding hydrogens is 158 g/mol. The molecule has 1 fully saturated rings. The molecule has 0 aromatic heterocycles. The van der Waals surface area contributed by atoms with Crippen LogP contribution in [0.1, 0.15) is 31.2 Å². The fourth-order valence-electron chi connectivity index (χ4n) is 2.07. The van der Waals surface area contributed by atoms with Gasteiger partial charge in [0.25, 0.3) is 0 Å². The molecule has 0 saturated heterocycles. The Morgan fingerprint density at radius 2 is 1.92 bits per heavy atom.